The second-order valence-electron chi connectivity index (χ2n) is 5.30. The summed E-state index contributed by atoms with van der Waals surface area (Å²) in [6.45, 7) is 8.32. The van der Waals surface area contributed by atoms with Crippen molar-refractivity contribution in [2.75, 3.05) is 0 Å². The minimum absolute atomic E-state index is 0.466. The Morgan fingerprint density at radius 1 is 1.26 bits per heavy atom. The van der Waals surface area contributed by atoms with Gasteiger partial charge in [0, 0.05) is 12.6 Å². The van der Waals surface area contributed by atoms with E-state index in [1.54, 1.807) is 0 Å². The van der Waals surface area contributed by atoms with Gasteiger partial charge in [0.2, 0.25) is 0 Å². The van der Waals surface area contributed by atoms with Gasteiger partial charge in [0.1, 0.15) is 11.5 Å². The highest BCUT2D eigenvalue weighted by atomic mass is 16.1. The van der Waals surface area contributed by atoms with Gasteiger partial charge in [-0.1, -0.05) is 26.0 Å². The molecular weight excluding hydrogens is 236 g/mol. The number of benzene rings is 1. The van der Waals surface area contributed by atoms with Crippen LogP contribution in [0.5, 0.6) is 0 Å². The SMILES string of the molecule is Cc1ccc(C(C)C)cc1-c1c(C=O)nc(C)n1C. The largest absolute Gasteiger partial charge is 0.331 e. The van der Waals surface area contributed by atoms with Crippen molar-refractivity contribution >= 4 is 6.29 Å². The molecule has 0 aliphatic carbocycles. The van der Waals surface area contributed by atoms with Gasteiger partial charge in [0.15, 0.2) is 6.29 Å². The molecule has 0 saturated heterocycles. The second-order valence-corrected chi connectivity index (χ2v) is 5.30. The highest BCUT2D eigenvalue weighted by Gasteiger charge is 2.16. The topological polar surface area (TPSA) is 34.9 Å². The highest BCUT2D eigenvalue weighted by molar-refractivity contribution is 5.85. The van der Waals surface area contributed by atoms with Gasteiger partial charge in [-0.05, 0) is 37.0 Å². The average Bonchev–Trinajstić information content (AvgIpc) is 2.66. The molecule has 0 saturated carbocycles. The number of carbonyl (C=O) groups is 1. The van der Waals surface area contributed by atoms with Gasteiger partial charge in [-0.25, -0.2) is 4.98 Å². The van der Waals surface area contributed by atoms with Crippen LogP contribution in [0.3, 0.4) is 0 Å². The van der Waals surface area contributed by atoms with Crippen molar-refractivity contribution in [2.45, 2.75) is 33.6 Å². The first-order valence-electron chi connectivity index (χ1n) is 6.55. The Balaban J connectivity index is 2.71. The van der Waals surface area contributed by atoms with E-state index in [4.69, 9.17) is 0 Å². The van der Waals surface area contributed by atoms with Gasteiger partial charge >= 0.3 is 0 Å². The third-order valence-corrected chi connectivity index (χ3v) is 3.64. The summed E-state index contributed by atoms with van der Waals surface area (Å²) < 4.78 is 1.98. The number of aromatic nitrogens is 2. The molecule has 0 radical (unpaired) electrons. The van der Waals surface area contributed by atoms with Crippen molar-refractivity contribution in [1.82, 2.24) is 9.55 Å². The molecule has 0 spiro atoms. The number of imidazole rings is 1. The zero-order valence-corrected chi connectivity index (χ0v) is 12.2. The first-order chi connectivity index (χ1) is 8.95. The Morgan fingerprint density at radius 3 is 2.53 bits per heavy atom. The van der Waals surface area contributed by atoms with Crippen LogP contribution < -0.4 is 0 Å². The molecule has 0 aliphatic heterocycles. The van der Waals surface area contributed by atoms with Gasteiger partial charge in [0.25, 0.3) is 0 Å². The van der Waals surface area contributed by atoms with E-state index in [1.165, 1.54) is 5.56 Å². The van der Waals surface area contributed by atoms with Crippen molar-refractivity contribution in [3.63, 3.8) is 0 Å². The molecule has 100 valence electrons. The summed E-state index contributed by atoms with van der Waals surface area (Å²) in [5, 5.41) is 0. The maximum atomic E-state index is 11.2. The Morgan fingerprint density at radius 2 is 1.95 bits per heavy atom. The Kier molecular flexibility index (Phi) is 3.56. The average molecular weight is 256 g/mol. The molecule has 2 aromatic rings. The molecule has 0 atom stereocenters. The normalized spacial score (nSPS) is 11.1. The fourth-order valence-corrected chi connectivity index (χ4v) is 2.29. The van der Waals surface area contributed by atoms with Gasteiger partial charge in [0.05, 0.1) is 5.69 Å². The predicted octanol–water partition coefficient (Wildman–Crippen LogP) is 3.64. The van der Waals surface area contributed by atoms with Crippen LogP contribution in [0, 0.1) is 13.8 Å². The summed E-state index contributed by atoms with van der Waals surface area (Å²) in [7, 11) is 1.95. The molecule has 1 heterocycles. The van der Waals surface area contributed by atoms with Gasteiger partial charge in [-0.3, -0.25) is 4.79 Å². The lowest BCUT2D eigenvalue weighted by molar-refractivity contribution is 0.112. The lowest BCUT2D eigenvalue weighted by Gasteiger charge is -2.12. The highest BCUT2D eigenvalue weighted by Crippen LogP contribution is 2.29. The molecule has 0 bridgehead atoms. The summed E-state index contributed by atoms with van der Waals surface area (Å²) >= 11 is 0. The van der Waals surface area contributed by atoms with Gasteiger partial charge in [-0.2, -0.15) is 0 Å². The first kappa shape index (κ1) is 13.5. The number of hydrogen-bond acceptors (Lipinski definition) is 2. The molecule has 3 nitrogen and oxygen atoms in total. The molecular formula is C16H20N2O. The van der Waals surface area contributed by atoms with Crippen molar-refractivity contribution in [2.24, 2.45) is 7.05 Å². The van der Waals surface area contributed by atoms with E-state index in [2.05, 4.69) is 44.0 Å². The van der Waals surface area contributed by atoms with Crippen molar-refractivity contribution in [1.29, 1.82) is 0 Å². The number of aldehydes is 1. The van der Waals surface area contributed by atoms with Gasteiger partial charge in [-0.15, -0.1) is 0 Å². The predicted molar refractivity (Wildman–Crippen MR) is 77.6 cm³/mol. The molecule has 0 fully saturated rings. The third-order valence-electron chi connectivity index (χ3n) is 3.64. The Bertz CT molecular complexity index is 624. The number of hydrogen-bond donors (Lipinski definition) is 0. The minimum Gasteiger partial charge on any atom is -0.331 e. The first-order valence-corrected chi connectivity index (χ1v) is 6.55. The number of nitrogens with zero attached hydrogens (tertiary/aromatic N) is 2. The van der Waals surface area contributed by atoms with Crippen molar-refractivity contribution in [3.8, 4) is 11.3 Å². The fourth-order valence-electron chi connectivity index (χ4n) is 2.29. The summed E-state index contributed by atoms with van der Waals surface area (Å²) in [5.74, 6) is 1.32. The monoisotopic (exact) mass is 256 g/mol. The molecule has 0 aliphatic rings. The zero-order chi connectivity index (χ0) is 14.2. The lowest BCUT2D eigenvalue weighted by Crippen LogP contribution is -1.99. The van der Waals surface area contributed by atoms with E-state index in [9.17, 15) is 4.79 Å². The molecule has 0 N–H and O–H groups in total. The second kappa shape index (κ2) is 5.00. The zero-order valence-electron chi connectivity index (χ0n) is 12.2. The van der Waals surface area contributed by atoms with E-state index in [0.717, 1.165) is 28.9 Å². The van der Waals surface area contributed by atoms with E-state index in [-0.39, 0.29) is 0 Å². The van der Waals surface area contributed by atoms with Crippen molar-refractivity contribution in [3.05, 3.63) is 40.8 Å². The molecule has 0 amide bonds. The summed E-state index contributed by atoms with van der Waals surface area (Å²) in [5.41, 5.74) is 4.96. The molecule has 0 unspecified atom stereocenters. The summed E-state index contributed by atoms with van der Waals surface area (Å²) in [6.07, 6.45) is 0.837. The van der Waals surface area contributed by atoms with Crippen molar-refractivity contribution < 1.29 is 4.79 Å². The fraction of sp³-hybridized carbons (Fsp3) is 0.375. The van der Waals surface area contributed by atoms with Crippen LogP contribution in [0.15, 0.2) is 18.2 Å². The van der Waals surface area contributed by atoms with Crippen LogP contribution in [0.4, 0.5) is 0 Å². The lowest BCUT2D eigenvalue weighted by atomic mass is 9.95. The smallest absolute Gasteiger partial charge is 0.170 e. The maximum Gasteiger partial charge on any atom is 0.170 e. The van der Waals surface area contributed by atoms with Crippen LogP contribution in [0.25, 0.3) is 11.3 Å². The molecule has 19 heavy (non-hydrogen) atoms. The third kappa shape index (κ3) is 2.33. The van der Waals surface area contributed by atoms with E-state index >= 15 is 0 Å². The quantitative estimate of drug-likeness (QED) is 0.786. The molecule has 2 rings (SSSR count). The van der Waals surface area contributed by atoms with E-state index in [0.29, 0.717) is 11.6 Å². The molecule has 3 heteroatoms. The van der Waals surface area contributed by atoms with Crippen LogP contribution in [0.1, 0.15) is 47.2 Å². The van der Waals surface area contributed by atoms with E-state index in [1.807, 2.05) is 18.5 Å². The number of aryl methyl sites for hydroxylation is 2. The van der Waals surface area contributed by atoms with Crippen LogP contribution in [-0.4, -0.2) is 15.8 Å². The number of carbonyl (C=O) groups excluding carboxylic acids is 1. The maximum absolute atomic E-state index is 11.2. The molecule has 1 aromatic heterocycles. The summed E-state index contributed by atoms with van der Waals surface area (Å²) in [6, 6.07) is 6.43. The van der Waals surface area contributed by atoms with E-state index < -0.39 is 0 Å². The standard InChI is InChI=1S/C16H20N2O/c1-10(2)13-7-6-11(3)14(8-13)16-15(9-19)17-12(4)18(16)5/h6-10H,1-5H3. The van der Waals surface area contributed by atoms with Crippen LogP contribution in [-0.2, 0) is 7.05 Å². The van der Waals surface area contributed by atoms with Crippen LogP contribution >= 0.6 is 0 Å². The minimum atomic E-state index is 0.466. The Labute approximate surface area is 114 Å². The number of rotatable bonds is 3. The summed E-state index contributed by atoms with van der Waals surface area (Å²) in [4.78, 5) is 15.5. The van der Waals surface area contributed by atoms with Crippen LogP contribution in [0.2, 0.25) is 0 Å². The molecule has 1 aromatic carbocycles. The Hall–Kier alpha value is -1.90. The van der Waals surface area contributed by atoms with Gasteiger partial charge < -0.3 is 4.57 Å².